The van der Waals surface area contributed by atoms with Gasteiger partial charge in [-0.25, -0.2) is 0 Å². The number of nitrogens with zero attached hydrogens (tertiary/aromatic N) is 1. The maximum Gasteiger partial charge on any atom is 0.269 e. The third kappa shape index (κ3) is 3.00. The van der Waals surface area contributed by atoms with Crippen LogP contribution in [0.2, 0.25) is 0 Å². The van der Waals surface area contributed by atoms with E-state index < -0.39 is 4.92 Å². The van der Waals surface area contributed by atoms with E-state index in [0.29, 0.717) is 11.1 Å². The van der Waals surface area contributed by atoms with Crippen LogP contribution in [0.4, 0.5) is 5.69 Å². The van der Waals surface area contributed by atoms with Gasteiger partial charge in [0, 0.05) is 23.0 Å². The van der Waals surface area contributed by atoms with Crippen LogP contribution in [-0.2, 0) is 0 Å². The highest BCUT2D eigenvalue weighted by Crippen LogP contribution is 2.31. The Labute approximate surface area is 126 Å². The summed E-state index contributed by atoms with van der Waals surface area (Å²) in [5.41, 5.74) is 0.961. The molecule has 1 fully saturated rings. The molecule has 2 rings (SSSR count). The summed E-state index contributed by atoms with van der Waals surface area (Å²) < 4.78 is 0. The topological polar surface area (TPSA) is 72.2 Å². The lowest BCUT2D eigenvalue weighted by molar-refractivity contribution is -0.384. The first-order chi connectivity index (χ1) is 9.47. The minimum absolute atomic E-state index is 0.00937. The van der Waals surface area contributed by atoms with Crippen molar-refractivity contribution < 1.29 is 9.72 Å². The van der Waals surface area contributed by atoms with E-state index >= 15 is 0 Å². The Balaban J connectivity index is 2.19. The number of halogens is 1. The molecule has 1 aromatic rings. The van der Waals surface area contributed by atoms with Crippen molar-refractivity contribution in [1.29, 1.82) is 0 Å². The van der Waals surface area contributed by atoms with Gasteiger partial charge in [-0.05, 0) is 31.4 Å². The monoisotopic (exact) mass is 340 g/mol. The van der Waals surface area contributed by atoms with Gasteiger partial charge in [0.25, 0.3) is 11.6 Å². The van der Waals surface area contributed by atoms with Crippen LogP contribution in [0, 0.1) is 17.0 Å². The van der Waals surface area contributed by atoms with Gasteiger partial charge >= 0.3 is 0 Å². The molecule has 0 bridgehead atoms. The molecule has 1 amide bonds. The Hall–Kier alpha value is -1.43. The average Bonchev–Trinajstić information content (AvgIpc) is 2.87. The fourth-order valence-corrected chi connectivity index (χ4v) is 3.37. The number of hydrogen-bond donors (Lipinski definition) is 1. The first-order valence-electron chi connectivity index (χ1n) is 6.61. The van der Waals surface area contributed by atoms with E-state index in [-0.39, 0.29) is 17.1 Å². The Morgan fingerprint density at radius 1 is 1.45 bits per heavy atom. The van der Waals surface area contributed by atoms with Crippen molar-refractivity contribution in [2.75, 3.05) is 5.33 Å². The molecule has 0 saturated heterocycles. The molecule has 1 aliphatic rings. The van der Waals surface area contributed by atoms with Gasteiger partial charge in [-0.3, -0.25) is 14.9 Å². The molecule has 1 saturated carbocycles. The molecular formula is C14H17BrN2O3. The number of non-ortho nitro benzene ring substituents is 1. The molecule has 20 heavy (non-hydrogen) atoms. The number of carbonyl (C=O) groups is 1. The summed E-state index contributed by atoms with van der Waals surface area (Å²) in [7, 11) is 0. The highest BCUT2D eigenvalue weighted by atomic mass is 79.9. The third-order valence-electron chi connectivity index (χ3n) is 3.86. The first-order valence-corrected chi connectivity index (χ1v) is 7.73. The van der Waals surface area contributed by atoms with E-state index in [1.165, 1.54) is 18.2 Å². The van der Waals surface area contributed by atoms with Crippen molar-refractivity contribution in [3.8, 4) is 0 Å². The molecule has 0 aromatic heterocycles. The molecule has 1 aromatic carbocycles. The van der Waals surface area contributed by atoms with Gasteiger partial charge in [0.15, 0.2) is 0 Å². The molecule has 0 aliphatic heterocycles. The first kappa shape index (κ1) is 15.0. The third-order valence-corrected chi connectivity index (χ3v) is 4.93. The second-order valence-electron chi connectivity index (χ2n) is 5.33. The molecular weight excluding hydrogens is 324 g/mol. The van der Waals surface area contributed by atoms with Gasteiger partial charge in [0.1, 0.15) is 0 Å². The van der Waals surface area contributed by atoms with E-state index in [0.717, 1.165) is 31.0 Å². The number of nitro benzene ring substituents is 1. The van der Waals surface area contributed by atoms with Crippen LogP contribution in [0.15, 0.2) is 18.2 Å². The van der Waals surface area contributed by atoms with Crippen LogP contribution < -0.4 is 5.32 Å². The molecule has 5 nitrogen and oxygen atoms in total. The number of carbonyl (C=O) groups excluding carboxylic acids is 1. The predicted octanol–water partition coefficient (Wildman–Crippen LogP) is 3.34. The van der Waals surface area contributed by atoms with Gasteiger partial charge < -0.3 is 5.32 Å². The lowest BCUT2D eigenvalue weighted by atomic mass is 9.99. The fourth-order valence-electron chi connectivity index (χ4n) is 2.67. The number of rotatable bonds is 4. The predicted molar refractivity (Wildman–Crippen MR) is 80.3 cm³/mol. The van der Waals surface area contributed by atoms with Crippen molar-refractivity contribution in [3.05, 3.63) is 39.4 Å². The molecule has 0 heterocycles. The van der Waals surface area contributed by atoms with Gasteiger partial charge in [0.2, 0.25) is 0 Å². The molecule has 6 heteroatoms. The molecule has 0 unspecified atom stereocenters. The van der Waals surface area contributed by atoms with Crippen molar-refractivity contribution in [1.82, 2.24) is 5.32 Å². The zero-order chi connectivity index (χ0) is 14.8. The van der Waals surface area contributed by atoms with Gasteiger partial charge in [-0.2, -0.15) is 0 Å². The molecule has 108 valence electrons. The van der Waals surface area contributed by atoms with Crippen molar-refractivity contribution in [2.45, 2.75) is 38.1 Å². The zero-order valence-corrected chi connectivity index (χ0v) is 12.9. The summed E-state index contributed by atoms with van der Waals surface area (Å²) in [6.07, 6.45) is 4.17. The highest BCUT2D eigenvalue weighted by Gasteiger charge is 2.34. The molecule has 1 N–H and O–H groups in total. The molecule has 0 spiro atoms. The van der Waals surface area contributed by atoms with Crippen LogP contribution >= 0.6 is 15.9 Å². The second kappa shape index (κ2) is 5.91. The smallest absolute Gasteiger partial charge is 0.269 e. The maximum atomic E-state index is 12.4. The van der Waals surface area contributed by atoms with E-state index in [1.807, 2.05) is 0 Å². The second-order valence-corrected chi connectivity index (χ2v) is 5.89. The standard InChI is InChI=1S/C14H17BrN2O3/c1-10-8-11(17(19)20)4-5-12(10)13(18)16-14(9-15)6-2-3-7-14/h4-5,8H,2-3,6-7,9H2,1H3,(H,16,18). The van der Waals surface area contributed by atoms with E-state index in [2.05, 4.69) is 21.2 Å². The summed E-state index contributed by atoms with van der Waals surface area (Å²) >= 11 is 3.48. The fraction of sp³-hybridized carbons (Fsp3) is 0.500. The lowest BCUT2D eigenvalue weighted by Crippen LogP contribution is -2.47. The number of nitro groups is 1. The van der Waals surface area contributed by atoms with Crippen LogP contribution in [0.5, 0.6) is 0 Å². The number of nitrogens with one attached hydrogen (secondary N) is 1. The number of amides is 1. The number of hydrogen-bond acceptors (Lipinski definition) is 3. The van der Waals surface area contributed by atoms with Gasteiger partial charge in [-0.1, -0.05) is 28.8 Å². The minimum atomic E-state index is -0.453. The summed E-state index contributed by atoms with van der Waals surface area (Å²) in [5, 5.41) is 14.5. The normalized spacial score (nSPS) is 16.9. The number of benzene rings is 1. The summed E-state index contributed by atoms with van der Waals surface area (Å²) in [6, 6.07) is 4.33. The van der Waals surface area contributed by atoms with Gasteiger partial charge in [0.05, 0.1) is 10.5 Å². The van der Waals surface area contributed by atoms with E-state index in [1.54, 1.807) is 6.92 Å². The highest BCUT2D eigenvalue weighted by molar-refractivity contribution is 9.09. The summed E-state index contributed by atoms with van der Waals surface area (Å²) in [4.78, 5) is 22.6. The summed E-state index contributed by atoms with van der Waals surface area (Å²) in [5.74, 6) is -0.154. The van der Waals surface area contributed by atoms with Crippen LogP contribution in [0.25, 0.3) is 0 Å². The lowest BCUT2D eigenvalue weighted by Gasteiger charge is -2.28. The Bertz CT molecular complexity index is 539. The van der Waals surface area contributed by atoms with Crippen molar-refractivity contribution in [3.63, 3.8) is 0 Å². The number of alkyl halides is 1. The Morgan fingerprint density at radius 3 is 2.60 bits per heavy atom. The van der Waals surface area contributed by atoms with Crippen molar-refractivity contribution >= 4 is 27.5 Å². The largest absolute Gasteiger partial charge is 0.346 e. The Kier molecular flexibility index (Phi) is 4.42. The summed E-state index contributed by atoms with van der Waals surface area (Å²) in [6.45, 7) is 1.72. The van der Waals surface area contributed by atoms with Crippen LogP contribution in [0.3, 0.4) is 0 Å². The van der Waals surface area contributed by atoms with Crippen LogP contribution in [-0.4, -0.2) is 21.7 Å². The average molecular weight is 341 g/mol. The molecule has 1 aliphatic carbocycles. The van der Waals surface area contributed by atoms with E-state index in [4.69, 9.17) is 0 Å². The van der Waals surface area contributed by atoms with Gasteiger partial charge in [-0.15, -0.1) is 0 Å². The van der Waals surface area contributed by atoms with Crippen LogP contribution in [0.1, 0.15) is 41.6 Å². The Morgan fingerprint density at radius 2 is 2.10 bits per heavy atom. The quantitative estimate of drug-likeness (QED) is 0.519. The van der Waals surface area contributed by atoms with Crippen molar-refractivity contribution in [2.24, 2.45) is 0 Å². The zero-order valence-electron chi connectivity index (χ0n) is 11.3. The molecule has 0 radical (unpaired) electrons. The SMILES string of the molecule is Cc1cc([N+](=O)[O-])ccc1C(=O)NC1(CBr)CCCC1. The molecule has 0 atom stereocenters. The minimum Gasteiger partial charge on any atom is -0.346 e. The van der Waals surface area contributed by atoms with E-state index in [9.17, 15) is 14.9 Å². The maximum absolute atomic E-state index is 12.4. The number of aryl methyl sites for hydroxylation is 1.